The molecule has 0 aliphatic heterocycles. The maximum Gasteiger partial charge on any atom is 0.472 e. The lowest BCUT2D eigenvalue weighted by Crippen LogP contribution is -2.25. The molecule has 0 aromatic rings. The zero-order chi connectivity index (χ0) is 33.8. The molecule has 0 bridgehead atoms. The van der Waals surface area contributed by atoms with Crippen LogP contribution < -0.4 is 5.73 Å². The van der Waals surface area contributed by atoms with Gasteiger partial charge in [0, 0.05) is 13.0 Å². The molecule has 0 aliphatic rings. The maximum absolute atomic E-state index is 12.3. The van der Waals surface area contributed by atoms with Crippen LogP contribution in [0.3, 0.4) is 0 Å². The van der Waals surface area contributed by atoms with Crippen molar-refractivity contribution in [2.75, 3.05) is 26.4 Å². The van der Waals surface area contributed by atoms with Crippen LogP contribution in [-0.2, 0) is 27.9 Å². The van der Waals surface area contributed by atoms with Crippen molar-refractivity contribution in [1.82, 2.24) is 0 Å². The number of esters is 1. The Morgan fingerprint density at radius 3 is 1.67 bits per heavy atom. The number of nitrogens with two attached hydrogens (primary N) is 1. The van der Waals surface area contributed by atoms with Crippen LogP contribution in [0.15, 0.2) is 36.6 Å². The van der Waals surface area contributed by atoms with Crippen LogP contribution in [0.5, 0.6) is 0 Å². The molecule has 2 atom stereocenters. The fourth-order valence-electron chi connectivity index (χ4n) is 4.78. The first-order valence-electron chi connectivity index (χ1n) is 18.5. The number of carbonyl (C=O) groups is 1. The Labute approximate surface area is 282 Å². The number of ether oxygens (including phenoxy) is 2. The Morgan fingerprint density at radius 1 is 0.652 bits per heavy atom. The Bertz CT molecular complexity index is 803. The number of hydrogen-bond donors (Lipinski definition) is 2. The smallest absolute Gasteiger partial charge is 0.472 e. The molecule has 0 radical (unpaired) electrons. The number of allylic oxidation sites excluding steroid dienone is 5. The van der Waals surface area contributed by atoms with E-state index in [9.17, 15) is 14.3 Å². The minimum absolute atomic E-state index is 0.0726. The van der Waals surface area contributed by atoms with Gasteiger partial charge >= 0.3 is 13.8 Å². The van der Waals surface area contributed by atoms with Gasteiger partial charge in [-0.25, -0.2) is 4.57 Å². The molecular weight excluding hydrogens is 601 g/mol. The molecule has 2 unspecified atom stereocenters. The van der Waals surface area contributed by atoms with Gasteiger partial charge in [0.15, 0.2) is 6.10 Å². The predicted molar refractivity (Wildman–Crippen MR) is 192 cm³/mol. The first kappa shape index (κ1) is 44.6. The van der Waals surface area contributed by atoms with Gasteiger partial charge in [-0.2, -0.15) is 0 Å². The van der Waals surface area contributed by atoms with Crippen molar-refractivity contribution < 1.29 is 32.8 Å². The molecule has 0 saturated heterocycles. The Balaban J connectivity index is 4.19. The van der Waals surface area contributed by atoms with E-state index < -0.39 is 13.9 Å². The van der Waals surface area contributed by atoms with Crippen LogP contribution in [0.1, 0.15) is 162 Å². The predicted octanol–water partition coefficient (Wildman–Crippen LogP) is 10.6. The second-order valence-electron chi connectivity index (χ2n) is 12.1. The molecule has 0 aliphatic carbocycles. The largest absolute Gasteiger partial charge is 0.492 e. The summed E-state index contributed by atoms with van der Waals surface area (Å²) in [7, 11) is -4.26. The summed E-state index contributed by atoms with van der Waals surface area (Å²) in [5.41, 5.74) is 5.34. The topological polar surface area (TPSA) is 117 Å². The van der Waals surface area contributed by atoms with E-state index in [2.05, 4.69) is 38.2 Å². The molecule has 9 heteroatoms. The Kier molecular flexibility index (Phi) is 33.8. The molecular formula is C37H70NO7P. The zero-order valence-corrected chi connectivity index (χ0v) is 30.4. The molecule has 3 N–H and O–H groups in total. The van der Waals surface area contributed by atoms with Crippen molar-refractivity contribution in [2.45, 2.75) is 168 Å². The SMILES string of the molecule is CCCCC=CCCCCCCCC(=O)OCC(COP(=O)(O)OCCN)OC=CCCCCCCC=CCCCCCCCC. The van der Waals surface area contributed by atoms with E-state index in [0.717, 1.165) is 57.8 Å². The fraction of sp³-hybridized carbons (Fsp3) is 0.811. The fourth-order valence-corrected chi connectivity index (χ4v) is 5.54. The number of phosphoric acid groups is 1. The highest BCUT2D eigenvalue weighted by atomic mass is 31.2. The monoisotopic (exact) mass is 671 g/mol. The van der Waals surface area contributed by atoms with Gasteiger partial charge in [-0.15, -0.1) is 0 Å². The average molecular weight is 672 g/mol. The van der Waals surface area contributed by atoms with Crippen molar-refractivity contribution in [3.8, 4) is 0 Å². The first-order chi connectivity index (χ1) is 22.4. The lowest BCUT2D eigenvalue weighted by atomic mass is 10.1. The molecule has 0 spiro atoms. The molecule has 0 rings (SSSR count). The van der Waals surface area contributed by atoms with Gasteiger partial charge in [-0.3, -0.25) is 13.8 Å². The zero-order valence-electron chi connectivity index (χ0n) is 29.6. The van der Waals surface area contributed by atoms with E-state index in [1.54, 1.807) is 6.26 Å². The van der Waals surface area contributed by atoms with Crippen molar-refractivity contribution in [2.24, 2.45) is 5.73 Å². The van der Waals surface area contributed by atoms with Crippen molar-refractivity contribution in [1.29, 1.82) is 0 Å². The third-order valence-electron chi connectivity index (χ3n) is 7.62. The van der Waals surface area contributed by atoms with Crippen LogP contribution >= 0.6 is 7.82 Å². The average Bonchev–Trinajstić information content (AvgIpc) is 3.05. The van der Waals surface area contributed by atoms with E-state index in [1.807, 2.05) is 6.08 Å². The van der Waals surface area contributed by atoms with Gasteiger partial charge in [0.1, 0.15) is 6.61 Å². The summed E-state index contributed by atoms with van der Waals surface area (Å²) in [6, 6.07) is 0. The minimum Gasteiger partial charge on any atom is -0.492 e. The van der Waals surface area contributed by atoms with E-state index in [4.69, 9.17) is 24.3 Å². The maximum atomic E-state index is 12.3. The third-order valence-corrected chi connectivity index (χ3v) is 8.60. The van der Waals surface area contributed by atoms with Gasteiger partial charge in [-0.1, -0.05) is 115 Å². The third kappa shape index (κ3) is 33.9. The summed E-state index contributed by atoms with van der Waals surface area (Å²) in [6.07, 6.45) is 38.3. The van der Waals surface area contributed by atoms with Crippen molar-refractivity contribution >= 4 is 13.8 Å². The van der Waals surface area contributed by atoms with E-state index in [0.29, 0.717) is 6.42 Å². The van der Waals surface area contributed by atoms with Crippen LogP contribution in [0, 0.1) is 0 Å². The molecule has 0 aromatic carbocycles. The molecule has 0 saturated carbocycles. The number of rotatable bonds is 35. The molecule has 0 fully saturated rings. The van der Waals surface area contributed by atoms with Crippen LogP contribution in [0.25, 0.3) is 0 Å². The number of carbonyl (C=O) groups excluding carboxylic acids is 1. The lowest BCUT2D eigenvalue weighted by molar-refractivity contribution is -0.147. The lowest BCUT2D eigenvalue weighted by Gasteiger charge is -2.19. The second kappa shape index (κ2) is 34.9. The summed E-state index contributed by atoms with van der Waals surface area (Å²) in [4.78, 5) is 22.1. The van der Waals surface area contributed by atoms with Gasteiger partial charge in [-0.05, 0) is 70.3 Å². The Morgan fingerprint density at radius 2 is 1.13 bits per heavy atom. The van der Waals surface area contributed by atoms with Crippen molar-refractivity contribution in [3.63, 3.8) is 0 Å². The molecule has 46 heavy (non-hydrogen) atoms. The van der Waals surface area contributed by atoms with Crippen molar-refractivity contribution in [3.05, 3.63) is 36.6 Å². The van der Waals surface area contributed by atoms with Crippen LogP contribution in [-0.4, -0.2) is 43.3 Å². The number of hydrogen-bond acceptors (Lipinski definition) is 7. The molecule has 8 nitrogen and oxygen atoms in total. The highest BCUT2D eigenvalue weighted by Crippen LogP contribution is 2.43. The highest BCUT2D eigenvalue weighted by molar-refractivity contribution is 7.47. The molecule has 270 valence electrons. The molecule has 0 aromatic heterocycles. The number of phosphoric ester groups is 1. The standard InChI is InChI=1S/C37H70NO7P/c1-3-5-7-9-11-13-15-16-17-18-19-21-23-25-27-29-32-42-36(35-45-46(40,41)44-33-31-38)34-43-37(39)30-28-26-24-22-20-14-12-10-8-6-4-2/h10,12,16-17,29,32,36H,3-9,11,13-15,18-28,30-31,33-35,38H2,1-2H3,(H,40,41). The normalized spacial score (nSPS) is 14.0. The summed E-state index contributed by atoms with van der Waals surface area (Å²) in [5.74, 6) is -0.305. The number of unbranched alkanes of at least 4 members (excludes halogenated alkanes) is 18. The van der Waals surface area contributed by atoms with E-state index in [1.165, 1.54) is 83.5 Å². The minimum atomic E-state index is -4.26. The first-order valence-corrected chi connectivity index (χ1v) is 20.0. The van der Waals surface area contributed by atoms with Gasteiger partial charge in [0.25, 0.3) is 0 Å². The summed E-state index contributed by atoms with van der Waals surface area (Å²) in [6.45, 7) is 4.14. The Hall–Kier alpha value is -1.44. The quantitative estimate of drug-likeness (QED) is 0.0225. The molecule has 0 amide bonds. The molecule has 0 heterocycles. The highest BCUT2D eigenvalue weighted by Gasteiger charge is 2.24. The van der Waals surface area contributed by atoms with E-state index in [-0.39, 0.29) is 32.3 Å². The summed E-state index contributed by atoms with van der Waals surface area (Å²) < 4.78 is 33.0. The van der Waals surface area contributed by atoms with E-state index >= 15 is 0 Å². The second-order valence-corrected chi connectivity index (χ2v) is 13.6. The summed E-state index contributed by atoms with van der Waals surface area (Å²) in [5, 5.41) is 0. The van der Waals surface area contributed by atoms with Crippen LogP contribution in [0.4, 0.5) is 0 Å². The summed E-state index contributed by atoms with van der Waals surface area (Å²) >= 11 is 0. The van der Waals surface area contributed by atoms with Gasteiger partial charge < -0.3 is 20.1 Å². The van der Waals surface area contributed by atoms with Crippen LogP contribution in [0.2, 0.25) is 0 Å². The van der Waals surface area contributed by atoms with Gasteiger partial charge in [0.05, 0.1) is 19.5 Å². The van der Waals surface area contributed by atoms with Gasteiger partial charge in [0.2, 0.25) is 0 Å².